The van der Waals surface area contributed by atoms with Crippen molar-refractivity contribution < 1.29 is 17.6 Å². The van der Waals surface area contributed by atoms with Crippen LogP contribution in [0.5, 0.6) is 0 Å². The Hall–Kier alpha value is -1.47. The van der Waals surface area contributed by atoms with E-state index in [9.17, 15) is 13.2 Å². The number of hydrogen-bond acceptors (Lipinski definition) is 4. The summed E-state index contributed by atoms with van der Waals surface area (Å²) in [6.45, 7) is 4.41. The molecule has 1 N–H and O–H groups in total. The van der Waals surface area contributed by atoms with Crippen LogP contribution in [-0.2, 0) is 12.7 Å². The first-order valence-corrected chi connectivity index (χ1v) is 7.22. The third-order valence-electron chi connectivity index (χ3n) is 2.76. The van der Waals surface area contributed by atoms with Crippen molar-refractivity contribution >= 4 is 11.8 Å². The predicted octanol–water partition coefficient (Wildman–Crippen LogP) is 4.26. The highest BCUT2D eigenvalue weighted by molar-refractivity contribution is 7.99. The fraction of sp³-hybridized carbons (Fsp3) is 0.357. The minimum atomic E-state index is -4.38. The van der Waals surface area contributed by atoms with Crippen LogP contribution in [0, 0.1) is 6.92 Å². The van der Waals surface area contributed by atoms with Crippen LogP contribution in [0.4, 0.5) is 13.2 Å². The average Bonchev–Trinajstić information content (AvgIpc) is 2.81. The summed E-state index contributed by atoms with van der Waals surface area (Å²) in [5.74, 6) is 0. The minimum Gasteiger partial charge on any atom is -0.439 e. The number of oxazole rings is 1. The SMILES string of the molecule is CCNCc1ccc(Sc2nc(C)co2)cc1C(F)(F)F. The molecule has 0 fully saturated rings. The fourth-order valence-electron chi connectivity index (χ4n) is 1.78. The van der Waals surface area contributed by atoms with Crippen LogP contribution in [-0.4, -0.2) is 11.5 Å². The summed E-state index contributed by atoms with van der Waals surface area (Å²) in [6, 6.07) is 4.27. The molecule has 7 heteroatoms. The summed E-state index contributed by atoms with van der Waals surface area (Å²) in [7, 11) is 0. The van der Waals surface area contributed by atoms with Crippen LogP contribution in [0.2, 0.25) is 0 Å². The van der Waals surface area contributed by atoms with Crippen LogP contribution in [0.1, 0.15) is 23.7 Å². The molecule has 0 bridgehead atoms. The van der Waals surface area contributed by atoms with Gasteiger partial charge in [0.05, 0.1) is 11.3 Å². The number of nitrogens with zero attached hydrogens (tertiary/aromatic N) is 1. The zero-order chi connectivity index (χ0) is 15.5. The van der Waals surface area contributed by atoms with E-state index in [1.807, 2.05) is 6.92 Å². The molecule has 0 radical (unpaired) electrons. The predicted molar refractivity (Wildman–Crippen MR) is 74.2 cm³/mol. The van der Waals surface area contributed by atoms with Gasteiger partial charge in [-0.05, 0) is 42.9 Å². The summed E-state index contributed by atoms with van der Waals surface area (Å²) in [5, 5.41) is 3.25. The van der Waals surface area contributed by atoms with E-state index in [4.69, 9.17) is 4.42 Å². The zero-order valence-electron chi connectivity index (χ0n) is 11.6. The van der Waals surface area contributed by atoms with Gasteiger partial charge in [-0.15, -0.1) is 0 Å². The zero-order valence-corrected chi connectivity index (χ0v) is 12.4. The molecule has 0 saturated heterocycles. The molecule has 114 valence electrons. The lowest BCUT2D eigenvalue weighted by Gasteiger charge is -2.14. The summed E-state index contributed by atoms with van der Waals surface area (Å²) in [5.41, 5.74) is 0.298. The molecule has 0 aliphatic carbocycles. The molecule has 0 atom stereocenters. The van der Waals surface area contributed by atoms with Gasteiger partial charge in [0.2, 0.25) is 0 Å². The third kappa shape index (κ3) is 4.25. The van der Waals surface area contributed by atoms with E-state index in [1.54, 1.807) is 13.0 Å². The molecule has 3 nitrogen and oxygen atoms in total. The molecule has 0 saturated carbocycles. The number of nitrogens with one attached hydrogen (secondary N) is 1. The highest BCUT2D eigenvalue weighted by Gasteiger charge is 2.33. The highest BCUT2D eigenvalue weighted by Crippen LogP contribution is 2.36. The van der Waals surface area contributed by atoms with Crippen LogP contribution in [0.15, 0.2) is 39.0 Å². The maximum Gasteiger partial charge on any atom is 0.416 e. The maximum absolute atomic E-state index is 13.1. The van der Waals surface area contributed by atoms with Gasteiger partial charge >= 0.3 is 6.18 Å². The van der Waals surface area contributed by atoms with Crippen molar-refractivity contribution in [2.75, 3.05) is 6.54 Å². The van der Waals surface area contributed by atoms with Crippen LogP contribution >= 0.6 is 11.8 Å². The van der Waals surface area contributed by atoms with E-state index in [-0.39, 0.29) is 12.1 Å². The van der Waals surface area contributed by atoms with Gasteiger partial charge in [-0.25, -0.2) is 4.98 Å². The quantitative estimate of drug-likeness (QED) is 0.894. The molecule has 0 aliphatic rings. The first-order valence-electron chi connectivity index (χ1n) is 6.41. The fourth-order valence-corrected chi connectivity index (χ4v) is 2.58. The van der Waals surface area contributed by atoms with E-state index in [2.05, 4.69) is 10.3 Å². The molecule has 1 heterocycles. The number of rotatable bonds is 5. The van der Waals surface area contributed by atoms with E-state index in [1.165, 1.54) is 12.3 Å². The highest BCUT2D eigenvalue weighted by atomic mass is 32.2. The lowest BCUT2D eigenvalue weighted by Crippen LogP contribution is -2.17. The Kier molecular flexibility index (Phi) is 4.95. The molecule has 0 spiro atoms. The van der Waals surface area contributed by atoms with Gasteiger partial charge in [-0.2, -0.15) is 13.2 Å². The van der Waals surface area contributed by atoms with Gasteiger partial charge < -0.3 is 9.73 Å². The van der Waals surface area contributed by atoms with Crippen molar-refractivity contribution in [3.05, 3.63) is 41.3 Å². The van der Waals surface area contributed by atoms with Crippen molar-refractivity contribution in [1.29, 1.82) is 0 Å². The van der Waals surface area contributed by atoms with Gasteiger partial charge in [0.15, 0.2) is 0 Å². The van der Waals surface area contributed by atoms with Crippen LogP contribution in [0.25, 0.3) is 0 Å². The van der Waals surface area contributed by atoms with Gasteiger partial charge in [0.25, 0.3) is 5.22 Å². The van der Waals surface area contributed by atoms with E-state index >= 15 is 0 Å². The number of halogens is 3. The summed E-state index contributed by atoms with van der Waals surface area (Å²) < 4.78 is 44.5. The third-order valence-corrected chi connectivity index (χ3v) is 3.61. The van der Waals surface area contributed by atoms with Crippen molar-refractivity contribution in [2.45, 2.75) is 36.7 Å². The molecular weight excluding hydrogens is 301 g/mol. The van der Waals surface area contributed by atoms with E-state index in [0.717, 1.165) is 17.8 Å². The molecule has 1 aromatic carbocycles. The van der Waals surface area contributed by atoms with Gasteiger partial charge in [-0.1, -0.05) is 13.0 Å². The molecule has 2 aromatic rings. The lowest BCUT2D eigenvalue weighted by atomic mass is 10.1. The Labute approximate surface area is 124 Å². The maximum atomic E-state index is 13.1. The van der Waals surface area contributed by atoms with Crippen molar-refractivity contribution in [3.8, 4) is 0 Å². The molecule has 0 unspecified atom stereocenters. The number of benzene rings is 1. The Morgan fingerprint density at radius 1 is 1.33 bits per heavy atom. The summed E-state index contributed by atoms with van der Waals surface area (Å²) >= 11 is 1.07. The monoisotopic (exact) mass is 316 g/mol. The van der Waals surface area contributed by atoms with E-state index in [0.29, 0.717) is 22.4 Å². The number of aryl methyl sites for hydroxylation is 1. The second-order valence-corrected chi connectivity index (χ2v) is 5.48. The summed E-state index contributed by atoms with van der Waals surface area (Å²) in [6.07, 6.45) is -2.92. The molecule has 0 aliphatic heterocycles. The molecule has 21 heavy (non-hydrogen) atoms. The second kappa shape index (κ2) is 6.53. The minimum absolute atomic E-state index is 0.189. The van der Waals surface area contributed by atoms with Gasteiger partial charge in [-0.3, -0.25) is 0 Å². The Balaban J connectivity index is 2.28. The standard InChI is InChI=1S/C14H15F3N2OS/c1-3-18-7-10-4-5-11(6-12(10)14(15,16)17)21-13-19-9(2)8-20-13/h4-6,8,18H,3,7H2,1-2H3. The lowest BCUT2D eigenvalue weighted by molar-refractivity contribution is -0.138. The molecule has 1 aromatic heterocycles. The summed E-state index contributed by atoms with van der Waals surface area (Å²) in [4.78, 5) is 4.52. The Morgan fingerprint density at radius 3 is 2.67 bits per heavy atom. The van der Waals surface area contributed by atoms with Crippen LogP contribution in [0.3, 0.4) is 0 Å². The number of aromatic nitrogens is 1. The number of hydrogen-bond donors (Lipinski definition) is 1. The van der Waals surface area contributed by atoms with Crippen molar-refractivity contribution in [3.63, 3.8) is 0 Å². The first kappa shape index (κ1) is 15.9. The smallest absolute Gasteiger partial charge is 0.416 e. The molecule has 2 rings (SSSR count). The largest absolute Gasteiger partial charge is 0.439 e. The van der Waals surface area contributed by atoms with Crippen molar-refractivity contribution in [2.24, 2.45) is 0 Å². The van der Waals surface area contributed by atoms with Gasteiger partial charge in [0, 0.05) is 11.4 Å². The van der Waals surface area contributed by atoms with Gasteiger partial charge in [0.1, 0.15) is 6.26 Å². The first-order chi connectivity index (χ1) is 9.90. The van der Waals surface area contributed by atoms with E-state index < -0.39 is 11.7 Å². The van der Waals surface area contributed by atoms with Crippen molar-refractivity contribution in [1.82, 2.24) is 10.3 Å². The normalized spacial score (nSPS) is 11.9. The van der Waals surface area contributed by atoms with Crippen LogP contribution < -0.4 is 5.32 Å². The average molecular weight is 316 g/mol. The molecular formula is C14H15F3N2OS. The Morgan fingerprint density at radius 2 is 2.10 bits per heavy atom. The topological polar surface area (TPSA) is 38.1 Å². The Bertz CT molecular complexity index is 611. The second-order valence-electron chi connectivity index (χ2n) is 4.45. The number of alkyl halides is 3. The molecule has 0 amide bonds.